The maximum atomic E-state index is 12.6. The zero-order valence-electron chi connectivity index (χ0n) is 11.5. The van der Waals surface area contributed by atoms with E-state index in [1.807, 2.05) is 20.8 Å². The number of hydrogen-bond donors (Lipinski definition) is 2. The highest BCUT2D eigenvalue weighted by Crippen LogP contribution is 2.31. The highest BCUT2D eigenvalue weighted by Gasteiger charge is 2.31. The zero-order chi connectivity index (χ0) is 14.7. The highest BCUT2D eigenvalue weighted by atomic mass is 19.4. The van der Waals surface area contributed by atoms with Gasteiger partial charge in [0.1, 0.15) is 0 Å². The van der Waals surface area contributed by atoms with Crippen LogP contribution in [0.4, 0.5) is 13.2 Å². The Morgan fingerprint density at radius 3 is 2.37 bits per heavy atom. The molecule has 0 radical (unpaired) electrons. The molecule has 1 unspecified atom stereocenters. The van der Waals surface area contributed by atoms with Crippen LogP contribution in [-0.4, -0.2) is 6.04 Å². The molecule has 0 aromatic heterocycles. The van der Waals surface area contributed by atoms with Gasteiger partial charge in [-0.05, 0) is 29.9 Å². The molecule has 0 spiro atoms. The molecule has 19 heavy (non-hydrogen) atoms. The largest absolute Gasteiger partial charge is 0.416 e. The second-order valence-corrected chi connectivity index (χ2v) is 5.46. The number of nitrogens with two attached hydrogens (primary N) is 1. The van der Waals surface area contributed by atoms with Crippen molar-refractivity contribution in [3.05, 3.63) is 35.4 Å². The number of rotatable bonds is 5. The fourth-order valence-electron chi connectivity index (χ4n) is 1.92. The lowest BCUT2D eigenvalue weighted by molar-refractivity contribution is -0.137. The van der Waals surface area contributed by atoms with Gasteiger partial charge >= 0.3 is 6.18 Å². The average Bonchev–Trinajstić information content (AvgIpc) is 2.35. The van der Waals surface area contributed by atoms with Gasteiger partial charge in [0.05, 0.1) is 5.56 Å². The molecule has 108 valence electrons. The highest BCUT2D eigenvalue weighted by molar-refractivity contribution is 5.26. The van der Waals surface area contributed by atoms with Gasteiger partial charge in [-0.3, -0.25) is 11.3 Å². The Kier molecular flexibility index (Phi) is 4.98. The monoisotopic (exact) mass is 274 g/mol. The number of benzene rings is 1. The fourth-order valence-corrected chi connectivity index (χ4v) is 1.92. The van der Waals surface area contributed by atoms with E-state index in [-0.39, 0.29) is 11.5 Å². The second-order valence-electron chi connectivity index (χ2n) is 5.46. The topological polar surface area (TPSA) is 38.0 Å². The van der Waals surface area contributed by atoms with Crippen molar-refractivity contribution in [2.75, 3.05) is 0 Å². The van der Waals surface area contributed by atoms with E-state index in [1.165, 1.54) is 12.1 Å². The summed E-state index contributed by atoms with van der Waals surface area (Å²) in [6.07, 6.45) is -2.94. The number of halogens is 3. The van der Waals surface area contributed by atoms with Crippen molar-refractivity contribution in [3.8, 4) is 0 Å². The minimum absolute atomic E-state index is 0.0685. The summed E-state index contributed by atoms with van der Waals surface area (Å²) in [4.78, 5) is 0. The van der Waals surface area contributed by atoms with Crippen molar-refractivity contribution >= 4 is 0 Å². The molecule has 0 saturated heterocycles. The number of alkyl halides is 3. The normalized spacial score (nSPS) is 14.5. The molecule has 2 nitrogen and oxygen atoms in total. The first-order chi connectivity index (χ1) is 8.70. The third-order valence-corrected chi connectivity index (χ3v) is 3.75. The van der Waals surface area contributed by atoms with Gasteiger partial charge in [-0.2, -0.15) is 13.2 Å². The van der Waals surface area contributed by atoms with Crippen molar-refractivity contribution in [2.45, 2.75) is 45.8 Å². The van der Waals surface area contributed by atoms with Gasteiger partial charge in [-0.25, -0.2) is 0 Å². The molecule has 1 atom stereocenters. The summed E-state index contributed by atoms with van der Waals surface area (Å²) >= 11 is 0. The summed E-state index contributed by atoms with van der Waals surface area (Å²) in [5.74, 6) is 5.53. The van der Waals surface area contributed by atoms with E-state index in [2.05, 4.69) is 5.43 Å². The van der Waals surface area contributed by atoms with E-state index >= 15 is 0 Å². The molecule has 0 fully saturated rings. The molecule has 0 aliphatic rings. The maximum absolute atomic E-state index is 12.6. The molecular weight excluding hydrogens is 253 g/mol. The summed E-state index contributed by atoms with van der Waals surface area (Å²) in [5, 5.41) is 0. The van der Waals surface area contributed by atoms with Crippen LogP contribution in [0.2, 0.25) is 0 Å². The first-order valence-electron chi connectivity index (χ1n) is 6.33. The van der Waals surface area contributed by atoms with Gasteiger partial charge in [-0.15, -0.1) is 0 Å². The molecule has 3 N–H and O–H groups in total. The molecule has 0 saturated carbocycles. The Morgan fingerprint density at radius 2 is 1.89 bits per heavy atom. The third-order valence-electron chi connectivity index (χ3n) is 3.75. The first-order valence-corrected chi connectivity index (χ1v) is 6.33. The van der Waals surface area contributed by atoms with Gasteiger partial charge in [0.25, 0.3) is 0 Å². The lowest BCUT2D eigenvalue weighted by atomic mass is 9.79. The zero-order valence-corrected chi connectivity index (χ0v) is 11.5. The van der Waals surface area contributed by atoms with Gasteiger partial charge < -0.3 is 0 Å². The molecule has 0 bridgehead atoms. The minimum Gasteiger partial charge on any atom is -0.271 e. The summed E-state index contributed by atoms with van der Waals surface area (Å²) in [6.45, 7) is 6.13. The van der Waals surface area contributed by atoms with Gasteiger partial charge in [0, 0.05) is 6.04 Å². The van der Waals surface area contributed by atoms with Gasteiger partial charge in [0.2, 0.25) is 0 Å². The van der Waals surface area contributed by atoms with Crippen LogP contribution in [0, 0.1) is 5.41 Å². The van der Waals surface area contributed by atoms with Crippen LogP contribution in [0.3, 0.4) is 0 Å². The average molecular weight is 274 g/mol. The fraction of sp³-hybridized carbons (Fsp3) is 0.571. The first kappa shape index (κ1) is 16.0. The van der Waals surface area contributed by atoms with Crippen molar-refractivity contribution in [1.82, 2.24) is 5.43 Å². The third kappa shape index (κ3) is 4.21. The Balaban J connectivity index is 2.93. The molecule has 0 aliphatic heterocycles. The molecule has 5 heteroatoms. The summed E-state index contributed by atoms with van der Waals surface area (Å²) in [5.41, 5.74) is 2.66. The van der Waals surface area contributed by atoms with Crippen LogP contribution < -0.4 is 11.3 Å². The van der Waals surface area contributed by atoms with Crippen LogP contribution in [-0.2, 0) is 12.6 Å². The minimum atomic E-state index is -4.30. The van der Waals surface area contributed by atoms with Crippen LogP contribution in [0.1, 0.15) is 38.3 Å². The summed E-state index contributed by atoms with van der Waals surface area (Å²) in [7, 11) is 0. The Labute approximate surface area is 112 Å². The Morgan fingerprint density at radius 1 is 1.26 bits per heavy atom. The quantitative estimate of drug-likeness (QED) is 0.637. The molecular formula is C14H21F3N2. The molecule has 1 aromatic rings. The molecule has 1 aromatic carbocycles. The lowest BCUT2D eigenvalue weighted by Gasteiger charge is -2.33. The molecule has 0 aliphatic carbocycles. The summed E-state index contributed by atoms with van der Waals surface area (Å²) < 4.78 is 37.9. The Bertz CT molecular complexity index is 413. The van der Waals surface area contributed by atoms with Crippen LogP contribution in [0.5, 0.6) is 0 Å². The van der Waals surface area contributed by atoms with E-state index in [1.54, 1.807) is 6.07 Å². The van der Waals surface area contributed by atoms with E-state index in [4.69, 9.17) is 5.84 Å². The molecule has 0 heterocycles. The smallest absolute Gasteiger partial charge is 0.271 e. The van der Waals surface area contributed by atoms with E-state index in [0.29, 0.717) is 12.0 Å². The van der Waals surface area contributed by atoms with Gasteiger partial charge in [0.15, 0.2) is 0 Å². The molecule has 1 rings (SSSR count). The SMILES string of the molecule is CCC(C)(C)C(Cc1cccc(C(F)(F)F)c1)NN. The van der Waals surface area contributed by atoms with Crippen LogP contribution >= 0.6 is 0 Å². The predicted molar refractivity (Wildman–Crippen MR) is 70.3 cm³/mol. The summed E-state index contributed by atoms with van der Waals surface area (Å²) in [6, 6.07) is 5.34. The number of nitrogens with one attached hydrogen (secondary N) is 1. The standard InChI is InChI=1S/C14H21F3N2/c1-4-13(2,3)12(19-18)9-10-6-5-7-11(8-10)14(15,16)17/h5-8,12,19H,4,9,18H2,1-3H3. The van der Waals surface area contributed by atoms with Crippen molar-refractivity contribution in [2.24, 2.45) is 11.3 Å². The Hall–Kier alpha value is -1.07. The molecule has 0 amide bonds. The van der Waals surface area contributed by atoms with Crippen molar-refractivity contribution in [1.29, 1.82) is 0 Å². The van der Waals surface area contributed by atoms with Crippen molar-refractivity contribution < 1.29 is 13.2 Å². The number of hydrogen-bond acceptors (Lipinski definition) is 2. The lowest BCUT2D eigenvalue weighted by Crippen LogP contribution is -2.46. The van der Waals surface area contributed by atoms with E-state index < -0.39 is 11.7 Å². The second kappa shape index (κ2) is 5.92. The van der Waals surface area contributed by atoms with Crippen LogP contribution in [0.15, 0.2) is 24.3 Å². The van der Waals surface area contributed by atoms with Gasteiger partial charge in [-0.1, -0.05) is 39.0 Å². The van der Waals surface area contributed by atoms with E-state index in [9.17, 15) is 13.2 Å². The van der Waals surface area contributed by atoms with E-state index in [0.717, 1.165) is 12.5 Å². The van der Waals surface area contributed by atoms with Crippen LogP contribution in [0.25, 0.3) is 0 Å². The predicted octanol–water partition coefficient (Wildman–Crippen LogP) is 3.52. The van der Waals surface area contributed by atoms with Crippen molar-refractivity contribution in [3.63, 3.8) is 0 Å². The number of hydrazine groups is 1. The maximum Gasteiger partial charge on any atom is 0.416 e.